The highest BCUT2D eigenvalue weighted by Crippen LogP contribution is 2.22. The van der Waals surface area contributed by atoms with Crippen LogP contribution >= 0.6 is 11.6 Å². The Labute approximate surface area is 98.8 Å². The van der Waals surface area contributed by atoms with E-state index < -0.39 is 0 Å². The van der Waals surface area contributed by atoms with Gasteiger partial charge >= 0.3 is 0 Å². The maximum Gasteiger partial charge on any atom is 0.0717 e. The van der Waals surface area contributed by atoms with Crippen LogP contribution in [0.1, 0.15) is 12.0 Å². The van der Waals surface area contributed by atoms with E-state index in [9.17, 15) is 0 Å². The Morgan fingerprint density at radius 2 is 2.25 bits per heavy atom. The van der Waals surface area contributed by atoms with Crippen molar-refractivity contribution in [3.05, 3.63) is 47.1 Å². The van der Waals surface area contributed by atoms with E-state index in [1.54, 1.807) is 12.3 Å². The zero-order chi connectivity index (χ0) is 11.4. The van der Waals surface area contributed by atoms with E-state index in [2.05, 4.69) is 11.1 Å². The fourth-order valence-electron chi connectivity index (χ4n) is 1.48. The van der Waals surface area contributed by atoms with Crippen molar-refractivity contribution in [2.45, 2.75) is 6.42 Å². The van der Waals surface area contributed by atoms with E-state index in [-0.39, 0.29) is 0 Å². The van der Waals surface area contributed by atoms with E-state index in [1.165, 1.54) is 0 Å². The zero-order valence-electron chi connectivity index (χ0n) is 8.52. The van der Waals surface area contributed by atoms with Gasteiger partial charge in [-0.1, -0.05) is 29.8 Å². The molecule has 0 saturated heterocycles. The number of fused-ring (bicyclic) bond motifs is 1. The van der Waals surface area contributed by atoms with Crippen molar-refractivity contribution >= 4 is 28.6 Å². The second kappa shape index (κ2) is 4.78. The van der Waals surface area contributed by atoms with Gasteiger partial charge in [-0.15, -0.1) is 0 Å². The van der Waals surface area contributed by atoms with Crippen molar-refractivity contribution < 1.29 is 0 Å². The second-order valence-corrected chi connectivity index (χ2v) is 3.74. The number of halogens is 1. The van der Waals surface area contributed by atoms with Crippen molar-refractivity contribution in [1.29, 1.82) is 5.26 Å². The van der Waals surface area contributed by atoms with Gasteiger partial charge in [0.25, 0.3) is 0 Å². The summed E-state index contributed by atoms with van der Waals surface area (Å²) >= 11 is 6.07. The van der Waals surface area contributed by atoms with Crippen LogP contribution in [-0.4, -0.2) is 4.98 Å². The number of rotatable bonds is 2. The smallest absolute Gasteiger partial charge is 0.0717 e. The fourth-order valence-corrected chi connectivity index (χ4v) is 1.69. The topological polar surface area (TPSA) is 36.7 Å². The molecule has 1 heterocycles. The molecular formula is C13H9ClN2. The molecule has 0 aliphatic heterocycles. The number of hydrogen-bond acceptors (Lipinski definition) is 2. The van der Waals surface area contributed by atoms with E-state index in [0.29, 0.717) is 11.4 Å². The van der Waals surface area contributed by atoms with E-state index in [1.807, 2.05) is 30.4 Å². The van der Waals surface area contributed by atoms with Crippen LogP contribution in [0.5, 0.6) is 0 Å². The molecule has 0 saturated carbocycles. The molecule has 0 bridgehead atoms. The Balaban J connectivity index is 2.44. The Morgan fingerprint density at radius 1 is 1.38 bits per heavy atom. The number of aromatic nitrogens is 1. The lowest BCUT2D eigenvalue weighted by atomic mass is 10.1. The first-order valence-corrected chi connectivity index (χ1v) is 5.27. The van der Waals surface area contributed by atoms with Crippen LogP contribution in [0.15, 0.2) is 36.5 Å². The standard InChI is InChI=1S/C13H9ClN2/c14-12-6-8-16-13-5-4-10(9-11(12)13)3-1-2-7-15/h1,3-6,8-9H,2H2. The summed E-state index contributed by atoms with van der Waals surface area (Å²) in [6.45, 7) is 0. The molecule has 0 amide bonds. The zero-order valence-corrected chi connectivity index (χ0v) is 9.28. The highest BCUT2D eigenvalue weighted by atomic mass is 35.5. The first-order valence-electron chi connectivity index (χ1n) is 4.89. The lowest BCUT2D eigenvalue weighted by molar-refractivity contribution is 1.36. The Bertz CT molecular complexity index is 582. The van der Waals surface area contributed by atoms with Crippen LogP contribution < -0.4 is 0 Å². The molecule has 0 fully saturated rings. The molecule has 0 N–H and O–H groups in total. The summed E-state index contributed by atoms with van der Waals surface area (Å²) in [4.78, 5) is 4.22. The van der Waals surface area contributed by atoms with Crippen molar-refractivity contribution in [3.63, 3.8) is 0 Å². The van der Waals surface area contributed by atoms with Crippen LogP contribution in [0, 0.1) is 11.3 Å². The van der Waals surface area contributed by atoms with Crippen LogP contribution in [0.3, 0.4) is 0 Å². The summed E-state index contributed by atoms with van der Waals surface area (Å²) in [7, 11) is 0. The van der Waals surface area contributed by atoms with Crippen LogP contribution in [-0.2, 0) is 0 Å². The third kappa shape index (κ3) is 2.21. The van der Waals surface area contributed by atoms with Gasteiger partial charge in [0.15, 0.2) is 0 Å². The Kier molecular flexibility index (Phi) is 3.19. The molecule has 78 valence electrons. The highest BCUT2D eigenvalue weighted by Gasteiger charge is 1.99. The van der Waals surface area contributed by atoms with Crippen molar-refractivity contribution in [3.8, 4) is 6.07 Å². The average molecular weight is 229 g/mol. The average Bonchev–Trinajstić information content (AvgIpc) is 2.30. The summed E-state index contributed by atoms with van der Waals surface area (Å²) in [6.07, 6.45) is 5.84. The lowest BCUT2D eigenvalue weighted by Crippen LogP contribution is -1.80. The minimum atomic E-state index is 0.415. The minimum absolute atomic E-state index is 0.415. The number of nitrogens with zero attached hydrogens (tertiary/aromatic N) is 2. The summed E-state index contributed by atoms with van der Waals surface area (Å²) in [5.74, 6) is 0. The van der Waals surface area contributed by atoms with Crippen LogP contribution in [0.4, 0.5) is 0 Å². The fraction of sp³-hybridized carbons (Fsp3) is 0.0769. The summed E-state index contributed by atoms with van der Waals surface area (Å²) in [5.41, 5.74) is 1.91. The first-order chi connectivity index (χ1) is 7.81. The van der Waals surface area contributed by atoms with E-state index in [0.717, 1.165) is 16.5 Å². The van der Waals surface area contributed by atoms with Crippen LogP contribution in [0.25, 0.3) is 17.0 Å². The molecule has 0 spiro atoms. The number of pyridine rings is 1. The van der Waals surface area contributed by atoms with Gasteiger partial charge < -0.3 is 0 Å². The van der Waals surface area contributed by atoms with Gasteiger partial charge in [0.1, 0.15) is 0 Å². The monoisotopic (exact) mass is 228 g/mol. The quantitative estimate of drug-likeness (QED) is 0.784. The molecule has 1 aromatic heterocycles. The van der Waals surface area contributed by atoms with Gasteiger partial charge in [-0.2, -0.15) is 5.26 Å². The van der Waals surface area contributed by atoms with Gasteiger partial charge in [-0.25, -0.2) is 0 Å². The molecule has 16 heavy (non-hydrogen) atoms. The third-order valence-corrected chi connectivity index (χ3v) is 2.56. The minimum Gasteiger partial charge on any atom is -0.256 e. The molecule has 0 atom stereocenters. The molecule has 2 rings (SSSR count). The molecule has 2 nitrogen and oxygen atoms in total. The number of hydrogen-bond donors (Lipinski definition) is 0. The molecule has 0 unspecified atom stereocenters. The van der Waals surface area contributed by atoms with Gasteiger partial charge in [0, 0.05) is 11.6 Å². The predicted octanol–water partition coefficient (Wildman–Crippen LogP) is 3.82. The SMILES string of the molecule is N#CCC=Cc1ccc2nccc(Cl)c2c1. The normalized spacial score (nSPS) is 10.8. The van der Waals surface area contributed by atoms with Crippen molar-refractivity contribution in [1.82, 2.24) is 4.98 Å². The predicted molar refractivity (Wildman–Crippen MR) is 66.0 cm³/mol. The number of benzene rings is 1. The molecule has 3 heteroatoms. The van der Waals surface area contributed by atoms with Gasteiger partial charge in [0.05, 0.1) is 23.0 Å². The number of nitriles is 1. The number of allylic oxidation sites excluding steroid dienone is 1. The molecular weight excluding hydrogens is 220 g/mol. The third-order valence-electron chi connectivity index (χ3n) is 2.23. The summed E-state index contributed by atoms with van der Waals surface area (Å²) in [5, 5.41) is 10.1. The van der Waals surface area contributed by atoms with Crippen molar-refractivity contribution in [2.24, 2.45) is 0 Å². The summed E-state index contributed by atoms with van der Waals surface area (Å²) < 4.78 is 0. The van der Waals surface area contributed by atoms with Gasteiger partial charge in [-0.3, -0.25) is 4.98 Å². The summed E-state index contributed by atoms with van der Waals surface area (Å²) in [6, 6.07) is 9.68. The molecule has 2 aromatic rings. The molecule has 0 aliphatic carbocycles. The maximum atomic E-state index is 8.43. The Morgan fingerprint density at radius 3 is 3.06 bits per heavy atom. The maximum absolute atomic E-state index is 8.43. The molecule has 0 radical (unpaired) electrons. The van der Waals surface area contributed by atoms with E-state index >= 15 is 0 Å². The van der Waals surface area contributed by atoms with Gasteiger partial charge in [0.2, 0.25) is 0 Å². The van der Waals surface area contributed by atoms with E-state index in [4.69, 9.17) is 16.9 Å². The largest absolute Gasteiger partial charge is 0.256 e. The molecule has 1 aromatic carbocycles. The first kappa shape index (κ1) is 10.7. The second-order valence-electron chi connectivity index (χ2n) is 3.33. The molecule has 0 aliphatic rings. The van der Waals surface area contributed by atoms with Crippen LogP contribution in [0.2, 0.25) is 5.02 Å². The van der Waals surface area contributed by atoms with Gasteiger partial charge in [-0.05, 0) is 23.8 Å². The lowest BCUT2D eigenvalue weighted by Gasteiger charge is -2.00. The van der Waals surface area contributed by atoms with Crippen molar-refractivity contribution in [2.75, 3.05) is 0 Å². The highest BCUT2D eigenvalue weighted by molar-refractivity contribution is 6.35. The Hall–Kier alpha value is -1.85.